The van der Waals surface area contributed by atoms with Gasteiger partial charge in [-0.2, -0.15) is 0 Å². The maximum atomic E-state index is 11.9. The molecule has 0 spiro atoms. The van der Waals surface area contributed by atoms with Crippen molar-refractivity contribution < 1.29 is 19.0 Å². The third-order valence-corrected chi connectivity index (χ3v) is 5.58. The number of hydrogen-bond donors (Lipinski definition) is 0. The molecule has 0 N–H and O–H groups in total. The molecular formula is C18H32N2O4. The largest absolute Gasteiger partial charge is 0.466 e. The molecule has 2 aliphatic heterocycles. The summed E-state index contributed by atoms with van der Waals surface area (Å²) < 4.78 is 17.1. The van der Waals surface area contributed by atoms with E-state index in [0.29, 0.717) is 12.7 Å². The van der Waals surface area contributed by atoms with Crippen molar-refractivity contribution in [3.05, 3.63) is 0 Å². The van der Waals surface area contributed by atoms with Gasteiger partial charge in [-0.25, -0.2) is 0 Å². The van der Waals surface area contributed by atoms with E-state index in [-0.39, 0.29) is 24.3 Å². The number of esters is 1. The van der Waals surface area contributed by atoms with E-state index in [1.54, 1.807) is 7.11 Å². The van der Waals surface area contributed by atoms with E-state index in [4.69, 9.17) is 14.2 Å². The summed E-state index contributed by atoms with van der Waals surface area (Å²) in [5.41, 5.74) is 0. The Bertz CT molecular complexity index is 400. The fourth-order valence-corrected chi connectivity index (χ4v) is 4.03. The lowest BCUT2D eigenvalue weighted by molar-refractivity contribution is -0.222. The lowest BCUT2D eigenvalue weighted by Gasteiger charge is -2.47. The molecule has 2 heterocycles. The minimum absolute atomic E-state index is 0.0299. The zero-order chi connectivity index (χ0) is 16.9. The Morgan fingerprint density at radius 1 is 1.04 bits per heavy atom. The summed E-state index contributed by atoms with van der Waals surface area (Å²) >= 11 is 0. The van der Waals surface area contributed by atoms with E-state index in [1.807, 2.05) is 6.92 Å². The first-order valence-corrected chi connectivity index (χ1v) is 9.54. The van der Waals surface area contributed by atoms with Crippen LogP contribution in [0.4, 0.5) is 0 Å². The van der Waals surface area contributed by atoms with Crippen LogP contribution >= 0.6 is 0 Å². The summed E-state index contributed by atoms with van der Waals surface area (Å²) in [7, 11) is 1.78. The topological polar surface area (TPSA) is 51.2 Å². The second kappa shape index (κ2) is 8.61. The normalized spacial score (nSPS) is 30.9. The third-order valence-electron chi connectivity index (χ3n) is 5.58. The van der Waals surface area contributed by atoms with Crippen molar-refractivity contribution in [3.8, 4) is 0 Å². The number of carbonyl (C=O) groups excluding carboxylic acids is 1. The van der Waals surface area contributed by atoms with Gasteiger partial charge in [0.15, 0.2) is 6.35 Å². The third kappa shape index (κ3) is 4.28. The molecule has 0 aromatic heterocycles. The highest BCUT2D eigenvalue weighted by molar-refractivity contribution is 5.72. The minimum atomic E-state index is -0.0299. The molecule has 0 radical (unpaired) electrons. The van der Waals surface area contributed by atoms with E-state index in [9.17, 15) is 4.79 Å². The van der Waals surface area contributed by atoms with Gasteiger partial charge >= 0.3 is 5.97 Å². The number of nitrogens with zero attached hydrogens (tertiary/aromatic N) is 2. The number of likely N-dealkylation sites (tertiary alicyclic amines) is 2. The number of hydrogen-bond acceptors (Lipinski definition) is 6. The fourth-order valence-electron chi connectivity index (χ4n) is 4.03. The summed E-state index contributed by atoms with van der Waals surface area (Å²) in [6.45, 7) is 6.50. The van der Waals surface area contributed by atoms with Crippen molar-refractivity contribution in [2.75, 3.05) is 39.9 Å². The zero-order valence-electron chi connectivity index (χ0n) is 15.1. The Kier molecular flexibility index (Phi) is 6.49. The lowest BCUT2D eigenvalue weighted by Crippen LogP contribution is -2.62. The predicted octanol–water partition coefficient (Wildman–Crippen LogP) is 1.83. The number of methoxy groups -OCH3 is 1. The highest BCUT2D eigenvalue weighted by atomic mass is 16.5. The number of ether oxygens (including phenoxy) is 3. The van der Waals surface area contributed by atoms with Crippen LogP contribution in [0.3, 0.4) is 0 Å². The SMILES string of the molecule is CCOC(=O)[C@H]1CC[C@H](OC(N2CCCC2)N2CC(OC)C2)CC1. The molecule has 6 heteroatoms. The van der Waals surface area contributed by atoms with Gasteiger partial charge in [0.05, 0.1) is 24.7 Å². The van der Waals surface area contributed by atoms with Gasteiger partial charge in [0.2, 0.25) is 0 Å². The average molecular weight is 340 g/mol. The van der Waals surface area contributed by atoms with E-state index in [2.05, 4.69) is 9.80 Å². The summed E-state index contributed by atoms with van der Waals surface area (Å²) in [4.78, 5) is 16.7. The monoisotopic (exact) mass is 340 g/mol. The molecule has 2 saturated heterocycles. The van der Waals surface area contributed by atoms with Crippen LogP contribution in [0, 0.1) is 5.92 Å². The van der Waals surface area contributed by atoms with E-state index in [0.717, 1.165) is 51.9 Å². The van der Waals surface area contributed by atoms with Crippen molar-refractivity contribution >= 4 is 5.97 Å². The maximum Gasteiger partial charge on any atom is 0.308 e. The van der Waals surface area contributed by atoms with Crippen molar-refractivity contribution in [3.63, 3.8) is 0 Å². The first-order valence-electron chi connectivity index (χ1n) is 9.54. The quantitative estimate of drug-likeness (QED) is 0.659. The summed E-state index contributed by atoms with van der Waals surface area (Å²) in [6, 6.07) is 0. The molecule has 3 aliphatic rings. The lowest BCUT2D eigenvalue weighted by atomic mass is 9.87. The molecule has 0 aromatic carbocycles. The van der Waals surface area contributed by atoms with Crippen LogP contribution in [0.5, 0.6) is 0 Å². The molecule has 3 fully saturated rings. The van der Waals surface area contributed by atoms with E-state index in [1.165, 1.54) is 12.8 Å². The second-order valence-corrected chi connectivity index (χ2v) is 7.24. The van der Waals surface area contributed by atoms with Gasteiger partial charge in [0.1, 0.15) is 0 Å². The Morgan fingerprint density at radius 2 is 1.71 bits per heavy atom. The molecule has 1 unspecified atom stereocenters. The smallest absolute Gasteiger partial charge is 0.308 e. The molecule has 24 heavy (non-hydrogen) atoms. The van der Waals surface area contributed by atoms with Crippen molar-refractivity contribution in [1.82, 2.24) is 9.80 Å². The molecule has 138 valence electrons. The van der Waals surface area contributed by atoms with Gasteiger partial charge in [-0.15, -0.1) is 0 Å². The van der Waals surface area contributed by atoms with Gasteiger partial charge in [-0.1, -0.05) is 0 Å². The summed E-state index contributed by atoms with van der Waals surface area (Å²) in [5, 5.41) is 0. The summed E-state index contributed by atoms with van der Waals surface area (Å²) in [6.07, 6.45) is 6.89. The highest BCUT2D eigenvalue weighted by Crippen LogP contribution is 2.31. The molecule has 1 atom stereocenters. The zero-order valence-corrected chi connectivity index (χ0v) is 15.1. The molecule has 0 amide bonds. The second-order valence-electron chi connectivity index (χ2n) is 7.24. The molecule has 6 nitrogen and oxygen atoms in total. The Hall–Kier alpha value is -0.690. The first kappa shape index (κ1) is 18.1. The van der Waals surface area contributed by atoms with Gasteiger partial charge < -0.3 is 14.2 Å². The average Bonchev–Trinajstić information content (AvgIpc) is 3.08. The van der Waals surface area contributed by atoms with Crippen LogP contribution in [-0.2, 0) is 19.0 Å². The van der Waals surface area contributed by atoms with Crippen LogP contribution in [0.25, 0.3) is 0 Å². The maximum absolute atomic E-state index is 11.9. The minimum Gasteiger partial charge on any atom is -0.466 e. The van der Waals surface area contributed by atoms with Gasteiger partial charge in [-0.05, 0) is 45.4 Å². The van der Waals surface area contributed by atoms with E-state index < -0.39 is 0 Å². The van der Waals surface area contributed by atoms with Crippen LogP contribution in [0.2, 0.25) is 0 Å². The molecule has 3 rings (SSSR count). The summed E-state index contributed by atoms with van der Waals surface area (Å²) in [5.74, 6) is 0.0367. The molecule has 0 bridgehead atoms. The van der Waals surface area contributed by atoms with Crippen molar-refractivity contribution in [1.29, 1.82) is 0 Å². The molecule has 1 saturated carbocycles. The van der Waals surface area contributed by atoms with Crippen LogP contribution in [0.1, 0.15) is 45.4 Å². The van der Waals surface area contributed by atoms with Crippen LogP contribution < -0.4 is 0 Å². The predicted molar refractivity (Wildman–Crippen MR) is 90.4 cm³/mol. The van der Waals surface area contributed by atoms with Gasteiger partial charge in [0.25, 0.3) is 0 Å². The Morgan fingerprint density at radius 3 is 2.29 bits per heavy atom. The van der Waals surface area contributed by atoms with Crippen molar-refractivity contribution in [2.45, 2.75) is 64.0 Å². The Balaban J connectivity index is 1.49. The van der Waals surface area contributed by atoms with Gasteiger partial charge in [0, 0.05) is 33.3 Å². The molecular weight excluding hydrogens is 308 g/mol. The van der Waals surface area contributed by atoms with Crippen molar-refractivity contribution in [2.24, 2.45) is 5.92 Å². The van der Waals surface area contributed by atoms with E-state index >= 15 is 0 Å². The fraction of sp³-hybridized carbons (Fsp3) is 0.944. The van der Waals surface area contributed by atoms with Crippen LogP contribution in [0.15, 0.2) is 0 Å². The standard InChI is InChI=1S/C18H32N2O4/c1-3-23-17(21)14-6-8-15(9-7-14)24-18(19-10-4-5-11-19)20-12-16(13-20)22-2/h14-16,18H,3-13H2,1-2H3/t14-,15-,18?. The highest BCUT2D eigenvalue weighted by Gasteiger charge is 2.39. The Labute approximate surface area is 145 Å². The number of carbonyl (C=O) groups is 1. The first-order chi connectivity index (χ1) is 11.7. The molecule has 0 aromatic rings. The van der Waals surface area contributed by atoms with Gasteiger partial charge in [-0.3, -0.25) is 14.6 Å². The molecule has 1 aliphatic carbocycles. The number of rotatable bonds is 7. The van der Waals surface area contributed by atoms with Crippen LogP contribution in [-0.4, -0.2) is 74.2 Å².